The zero-order valence-corrected chi connectivity index (χ0v) is 21.1. The van der Waals surface area contributed by atoms with Crippen LogP contribution in [0, 0.1) is 20.8 Å². The minimum atomic E-state index is 0.526. The maximum absolute atomic E-state index is 8.81. The Balaban J connectivity index is 0.000000531. The van der Waals surface area contributed by atoms with Crippen LogP contribution in [0.4, 0.5) is 0 Å². The first-order chi connectivity index (χ1) is 14.9. The number of halogens is 1. The summed E-state index contributed by atoms with van der Waals surface area (Å²) >= 11 is 7.80. The summed E-state index contributed by atoms with van der Waals surface area (Å²) in [5.41, 5.74) is 4.52. The van der Waals surface area contributed by atoms with Crippen molar-refractivity contribution in [3.8, 4) is 5.00 Å². The minimum Gasteiger partial charge on any atom is -0.323 e. The molecule has 8 heteroatoms. The van der Waals surface area contributed by atoms with Gasteiger partial charge in [0.1, 0.15) is 23.7 Å². The van der Waals surface area contributed by atoms with Crippen molar-refractivity contribution in [3.05, 3.63) is 62.5 Å². The SMILES string of the molecule is CC.CC=O.CNC.Cc1sc2c(c1C)C(c1ccc(Cl)cc1)=NCc1nnc(C)n1-2. The maximum atomic E-state index is 8.81. The van der Waals surface area contributed by atoms with Crippen LogP contribution < -0.4 is 5.32 Å². The number of hydrogen-bond donors (Lipinski definition) is 1. The standard InChI is InChI=1S/C17H15ClN4S.C2H7N.C2H4O.C2H6/c1-9-10(2)23-17-15(9)16(12-4-6-13(18)7-5-12)19-8-14-21-20-11(3)22(14)17;1-3-2;1-2-3;1-2/h4-7H,8H2,1-3H3;3H,1-2H3;2H,1H3;1-2H3. The Morgan fingerprint density at radius 2 is 1.65 bits per heavy atom. The van der Waals surface area contributed by atoms with E-state index in [2.05, 4.69) is 33.9 Å². The summed E-state index contributed by atoms with van der Waals surface area (Å²) in [6, 6.07) is 7.86. The Hall–Kier alpha value is -2.35. The predicted molar refractivity (Wildman–Crippen MR) is 132 cm³/mol. The molecule has 0 amide bonds. The van der Waals surface area contributed by atoms with Crippen molar-refractivity contribution < 1.29 is 4.79 Å². The molecular weight excluding hydrogens is 430 g/mol. The quantitative estimate of drug-likeness (QED) is 0.497. The van der Waals surface area contributed by atoms with E-state index in [1.807, 2.05) is 59.1 Å². The zero-order chi connectivity index (χ0) is 23.6. The van der Waals surface area contributed by atoms with Crippen molar-refractivity contribution in [2.24, 2.45) is 4.99 Å². The second-order valence-electron chi connectivity index (χ2n) is 6.37. The van der Waals surface area contributed by atoms with Gasteiger partial charge in [0.25, 0.3) is 0 Å². The molecule has 1 aliphatic heterocycles. The maximum Gasteiger partial charge on any atom is 0.160 e. The molecule has 6 nitrogen and oxygen atoms in total. The first-order valence-corrected chi connectivity index (χ1v) is 11.4. The minimum absolute atomic E-state index is 0.526. The van der Waals surface area contributed by atoms with Crippen LogP contribution in [0.2, 0.25) is 5.02 Å². The van der Waals surface area contributed by atoms with Crippen LogP contribution in [0.15, 0.2) is 29.3 Å². The first kappa shape index (κ1) is 26.7. The lowest BCUT2D eigenvalue weighted by atomic mass is 10.00. The molecule has 3 aromatic rings. The van der Waals surface area contributed by atoms with Crippen molar-refractivity contribution >= 4 is 34.9 Å². The summed E-state index contributed by atoms with van der Waals surface area (Å²) in [6.07, 6.45) is 0.750. The number of thiophene rings is 1. The van der Waals surface area contributed by atoms with Gasteiger partial charge in [-0.2, -0.15) is 0 Å². The molecule has 4 rings (SSSR count). The summed E-state index contributed by atoms with van der Waals surface area (Å²) in [6.45, 7) is 12.3. The molecule has 1 N–H and O–H groups in total. The summed E-state index contributed by atoms with van der Waals surface area (Å²) in [5, 5.41) is 13.1. The molecule has 0 spiro atoms. The van der Waals surface area contributed by atoms with Crippen LogP contribution in [0.1, 0.15) is 54.0 Å². The molecule has 3 heterocycles. The number of aromatic nitrogens is 3. The molecule has 168 valence electrons. The average molecular weight is 462 g/mol. The molecule has 0 atom stereocenters. The highest BCUT2D eigenvalue weighted by molar-refractivity contribution is 7.15. The van der Waals surface area contributed by atoms with Crippen molar-refractivity contribution in [3.63, 3.8) is 0 Å². The van der Waals surface area contributed by atoms with E-state index in [1.54, 1.807) is 11.3 Å². The molecule has 0 radical (unpaired) electrons. The van der Waals surface area contributed by atoms with Gasteiger partial charge in [-0.15, -0.1) is 21.5 Å². The molecule has 0 saturated heterocycles. The molecule has 0 aliphatic carbocycles. The Morgan fingerprint density at radius 1 is 1.10 bits per heavy atom. The van der Waals surface area contributed by atoms with E-state index < -0.39 is 0 Å². The first-order valence-electron chi connectivity index (χ1n) is 10.2. The van der Waals surface area contributed by atoms with Gasteiger partial charge < -0.3 is 10.1 Å². The Bertz CT molecular complexity index is 1010. The van der Waals surface area contributed by atoms with Gasteiger partial charge in [0.05, 0.1) is 5.71 Å². The zero-order valence-electron chi connectivity index (χ0n) is 19.6. The van der Waals surface area contributed by atoms with E-state index >= 15 is 0 Å². The van der Waals surface area contributed by atoms with Crippen LogP contribution in [-0.4, -0.2) is 40.9 Å². The van der Waals surface area contributed by atoms with Gasteiger partial charge >= 0.3 is 0 Å². The van der Waals surface area contributed by atoms with Crippen molar-refractivity contribution in [1.82, 2.24) is 20.1 Å². The van der Waals surface area contributed by atoms with E-state index in [0.29, 0.717) is 6.54 Å². The fraction of sp³-hybridized carbons (Fsp3) is 0.391. The Labute approximate surface area is 194 Å². The van der Waals surface area contributed by atoms with Gasteiger partial charge in [-0.05, 0) is 59.5 Å². The summed E-state index contributed by atoms with van der Waals surface area (Å²) in [5.74, 6) is 1.78. The van der Waals surface area contributed by atoms with Gasteiger partial charge in [0.2, 0.25) is 0 Å². The molecule has 1 aliphatic rings. The molecular formula is C23H32ClN5OS. The van der Waals surface area contributed by atoms with Crippen molar-refractivity contribution in [1.29, 1.82) is 0 Å². The average Bonchev–Trinajstić information content (AvgIpc) is 3.20. The van der Waals surface area contributed by atoms with Crippen LogP contribution >= 0.6 is 22.9 Å². The molecule has 0 bridgehead atoms. The van der Waals surface area contributed by atoms with E-state index in [9.17, 15) is 0 Å². The Morgan fingerprint density at radius 3 is 2.19 bits per heavy atom. The fourth-order valence-corrected chi connectivity index (χ4v) is 4.24. The molecule has 31 heavy (non-hydrogen) atoms. The second-order valence-corrected chi connectivity index (χ2v) is 8.01. The molecule has 1 aromatic carbocycles. The number of aliphatic imine (C=N–C) groups is 1. The monoisotopic (exact) mass is 461 g/mol. The summed E-state index contributed by atoms with van der Waals surface area (Å²) in [4.78, 5) is 14.9. The van der Waals surface area contributed by atoms with Crippen LogP contribution in [-0.2, 0) is 11.3 Å². The number of fused-ring (bicyclic) bond motifs is 3. The number of hydrogen-bond acceptors (Lipinski definition) is 6. The van der Waals surface area contributed by atoms with E-state index in [-0.39, 0.29) is 0 Å². The van der Waals surface area contributed by atoms with E-state index in [0.717, 1.165) is 39.2 Å². The van der Waals surface area contributed by atoms with Gasteiger partial charge in [-0.1, -0.05) is 37.6 Å². The number of rotatable bonds is 1. The third-order valence-corrected chi connectivity index (χ3v) is 5.64. The normalized spacial score (nSPS) is 11.1. The highest BCUT2D eigenvalue weighted by Crippen LogP contribution is 2.36. The van der Waals surface area contributed by atoms with Crippen LogP contribution in [0.25, 0.3) is 5.00 Å². The van der Waals surface area contributed by atoms with E-state index in [4.69, 9.17) is 21.4 Å². The number of nitrogens with zero attached hydrogens (tertiary/aromatic N) is 4. The van der Waals surface area contributed by atoms with E-state index in [1.165, 1.54) is 22.9 Å². The number of aldehydes is 1. The molecule has 0 saturated carbocycles. The van der Waals surface area contributed by atoms with Crippen LogP contribution in [0.5, 0.6) is 0 Å². The third-order valence-electron chi connectivity index (χ3n) is 4.19. The Kier molecular flexibility index (Phi) is 11.3. The third kappa shape index (κ3) is 6.32. The fourth-order valence-electron chi connectivity index (χ4n) is 2.89. The number of benzene rings is 1. The van der Waals surface area contributed by atoms with Crippen molar-refractivity contribution in [2.45, 2.75) is 48.1 Å². The predicted octanol–water partition coefficient (Wildman–Crippen LogP) is 5.33. The molecule has 0 unspecified atom stereocenters. The summed E-state index contributed by atoms with van der Waals surface area (Å²) < 4.78 is 2.13. The van der Waals surface area contributed by atoms with Gasteiger partial charge in [0, 0.05) is 21.0 Å². The number of carbonyl (C=O) groups excluding carboxylic acids is 1. The van der Waals surface area contributed by atoms with Gasteiger partial charge in [-0.25, -0.2) is 0 Å². The van der Waals surface area contributed by atoms with Gasteiger partial charge in [0.15, 0.2) is 5.82 Å². The smallest absolute Gasteiger partial charge is 0.160 e. The number of carbonyl (C=O) groups is 1. The molecule has 2 aromatic heterocycles. The number of nitrogens with one attached hydrogen (secondary N) is 1. The lowest BCUT2D eigenvalue weighted by Crippen LogP contribution is -2.07. The summed E-state index contributed by atoms with van der Waals surface area (Å²) in [7, 11) is 3.75. The van der Waals surface area contributed by atoms with Crippen LogP contribution in [0.3, 0.4) is 0 Å². The lowest BCUT2D eigenvalue weighted by Gasteiger charge is -2.09. The number of aryl methyl sites for hydroxylation is 2. The van der Waals surface area contributed by atoms with Gasteiger partial charge in [-0.3, -0.25) is 9.56 Å². The van der Waals surface area contributed by atoms with Crippen molar-refractivity contribution in [2.75, 3.05) is 14.1 Å². The lowest BCUT2D eigenvalue weighted by molar-refractivity contribution is -0.106. The largest absolute Gasteiger partial charge is 0.323 e. The molecule has 0 fully saturated rings. The topological polar surface area (TPSA) is 72.2 Å². The second kappa shape index (κ2) is 13.1. The highest BCUT2D eigenvalue weighted by atomic mass is 35.5. The highest BCUT2D eigenvalue weighted by Gasteiger charge is 2.26.